The molecule has 134 heavy (non-hydrogen) atoms. The fourth-order valence-corrected chi connectivity index (χ4v) is 22.2. The average molecular weight is 1900 g/mol. The molecule has 0 amide bonds. The van der Waals surface area contributed by atoms with E-state index >= 15 is 0 Å². The summed E-state index contributed by atoms with van der Waals surface area (Å²) in [5, 5.41) is 2.87. The first-order valence-corrected chi connectivity index (χ1v) is 63.5. The minimum absolute atomic E-state index is 0.976. The van der Waals surface area contributed by atoms with Gasteiger partial charge in [-0.2, -0.15) is 0 Å². The molecule has 0 saturated heterocycles. The van der Waals surface area contributed by atoms with Crippen molar-refractivity contribution in [3.05, 3.63) is 124 Å². The van der Waals surface area contributed by atoms with Gasteiger partial charge in [0.2, 0.25) is 11.4 Å². The Hall–Kier alpha value is -2.77. The Kier molecular flexibility index (Phi) is 102. The topological polar surface area (TPSA) is 25.3 Å². The summed E-state index contributed by atoms with van der Waals surface area (Å²) in [5.74, 6) is 0. The molecule has 3 heteroatoms. The third kappa shape index (κ3) is 82.8. The van der Waals surface area contributed by atoms with E-state index < -0.39 is 0 Å². The summed E-state index contributed by atoms with van der Waals surface area (Å²) in [4.78, 5) is 0. The van der Waals surface area contributed by atoms with Gasteiger partial charge in [0.15, 0.2) is 0 Å². The van der Waals surface area contributed by atoms with E-state index in [-0.39, 0.29) is 0 Å². The van der Waals surface area contributed by atoms with E-state index in [1.165, 1.54) is 648 Å². The van der Waals surface area contributed by atoms with Gasteiger partial charge in [0, 0.05) is 16.7 Å². The Labute approximate surface area is 849 Å². The van der Waals surface area contributed by atoms with Crippen molar-refractivity contribution in [1.82, 2.24) is 0 Å². The van der Waals surface area contributed by atoms with Gasteiger partial charge >= 0.3 is 166 Å². The van der Waals surface area contributed by atoms with Gasteiger partial charge < -0.3 is 5.53 Å². The van der Waals surface area contributed by atoms with Gasteiger partial charge in [-0.3, -0.25) is 0 Å². The zero-order valence-corrected chi connectivity index (χ0v) is 93.1. The van der Waals surface area contributed by atoms with Crippen LogP contribution in [0.5, 0.6) is 0 Å². The molecule has 1 aliphatic rings. The molecular weight excluding hydrogens is 1660 g/mol. The number of rotatable bonds is 108. The summed E-state index contributed by atoms with van der Waals surface area (Å²) in [6.07, 6.45) is 156. The number of aryl methyl sites for hydroxylation is 2. The number of unbranched alkanes of at least 4 members (excludes halogenated alkanes) is 90. The van der Waals surface area contributed by atoms with E-state index in [0.29, 0.717) is 0 Å². The van der Waals surface area contributed by atoms with Crippen LogP contribution in [0.2, 0.25) is 10.8 Å². The van der Waals surface area contributed by atoms with E-state index in [9.17, 15) is 5.53 Å². The summed E-state index contributed by atoms with van der Waals surface area (Å²) < 4.78 is 1.67. The third-order valence-corrected chi connectivity index (χ3v) is 31.4. The zero-order valence-electron chi connectivity index (χ0n) is 92.1. The molecule has 782 valence electrons. The predicted molar refractivity (Wildman–Crippen MR) is 606 cm³/mol. The van der Waals surface area contributed by atoms with Crippen molar-refractivity contribution in [2.24, 2.45) is 0 Å². The van der Waals surface area contributed by atoms with Crippen LogP contribution in [0.1, 0.15) is 699 Å². The molecule has 0 unspecified atom stereocenters. The Morgan fingerprint density at radius 3 is 0.619 bits per heavy atom. The molecule has 0 fully saturated rings. The van der Waals surface area contributed by atoms with Crippen molar-refractivity contribution in [1.29, 1.82) is 0 Å². The van der Waals surface area contributed by atoms with Crippen LogP contribution in [0.15, 0.2) is 96.1 Å². The zero-order chi connectivity index (χ0) is 95.6. The number of hydrogen-bond donors (Lipinski definition) is 0. The molecule has 2 nitrogen and oxygen atoms in total. The fraction of sp³-hybridized carbons (Fsp3) is 0.832. The molecule has 0 saturated carbocycles. The van der Waals surface area contributed by atoms with Gasteiger partial charge in [-0.05, 0) is 100 Å². The van der Waals surface area contributed by atoms with Gasteiger partial charge in [-0.25, -0.2) is 4.70 Å². The van der Waals surface area contributed by atoms with Crippen molar-refractivity contribution in [2.45, 2.75) is 701 Å². The van der Waals surface area contributed by atoms with Gasteiger partial charge in [-0.15, -0.1) is 0 Å². The number of allylic oxidation sites excluding steroid dienone is 8. The standard InChI is InChI=1S/C99H172N2.2C16H33.Ni/c1-5-9-13-17-21-24-27-30-32-34-36-38-40-42-44-46-48-50-52-54-56-58-61-63-66-69-72-76-84-92-86-80-82-88-94(92)98-96(90-78-74-20-16-12-8-4)97(91-79-75-71-68-65-60-29-26-23-19-15-11-7-3)99(101(98)100)95-89-83-81-87-93(95)85-77-73-70-67-64-62-59-57-55-53-51-49-47-45-43-41-39-37-35-33-31-28-25-22-18-14-10-6-2;2*1-3-5-7-9-11-13-15-16-14-12-10-8-6-4-2;/h69-70,72-73,79-83,86-89,91H,5-68,71,74-78,84-85,90H2,1-4H3;2*1,3-16H2,2H3;. The van der Waals surface area contributed by atoms with Crippen molar-refractivity contribution < 1.29 is 19.1 Å². The van der Waals surface area contributed by atoms with Crippen LogP contribution in [0, 0.1) is 0 Å². The molecule has 1 aliphatic heterocycles. The molecule has 0 bridgehead atoms. The second-order valence-electron chi connectivity index (χ2n) is 43.0. The summed E-state index contributed by atoms with van der Waals surface area (Å²) in [7, 11) is 0. The van der Waals surface area contributed by atoms with Crippen LogP contribution in [0.3, 0.4) is 0 Å². The van der Waals surface area contributed by atoms with E-state index in [1.54, 1.807) is 4.70 Å². The predicted octanol–water partition coefficient (Wildman–Crippen LogP) is 48.3. The van der Waals surface area contributed by atoms with Gasteiger partial charge in [0.25, 0.3) is 0 Å². The second kappa shape index (κ2) is 108. The van der Waals surface area contributed by atoms with Crippen LogP contribution in [-0.2, 0) is 27.3 Å². The summed E-state index contributed by atoms with van der Waals surface area (Å²) >= 11 is 2.04. The smallest absolute Gasteiger partial charge is 0.0654 e. The van der Waals surface area contributed by atoms with E-state index in [1.807, 2.05) is 14.4 Å². The number of benzene rings is 2. The fourth-order valence-electron chi connectivity index (χ4n) is 20.9. The first-order chi connectivity index (χ1) is 66.6. The third-order valence-electron chi connectivity index (χ3n) is 30.0. The van der Waals surface area contributed by atoms with E-state index in [0.717, 1.165) is 56.3 Å². The minimum atomic E-state index is 0.976. The molecule has 0 spiro atoms. The molecular formula is C131H238N2Ni. The van der Waals surface area contributed by atoms with Crippen molar-refractivity contribution in [3.63, 3.8) is 0 Å². The van der Waals surface area contributed by atoms with Gasteiger partial charge in [0.1, 0.15) is 0 Å². The molecule has 0 radical (unpaired) electrons. The van der Waals surface area contributed by atoms with Gasteiger partial charge in [0.05, 0.1) is 5.57 Å². The van der Waals surface area contributed by atoms with Crippen LogP contribution in [-0.4, -0.2) is 4.70 Å². The maximum atomic E-state index is 13.0. The first-order valence-electron chi connectivity index (χ1n) is 62.1. The molecule has 2 aromatic carbocycles. The Morgan fingerprint density at radius 2 is 0.381 bits per heavy atom. The van der Waals surface area contributed by atoms with Crippen LogP contribution in [0.25, 0.3) is 16.9 Å². The summed E-state index contributed by atoms with van der Waals surface area (Å²) in [5.41, 5.74) is 22.7. The van der Waals surface area contributed by atoms with Crippen molar-refractivity contribution >= 4 is 11.4 Å². The molecule has 0 aromatic heterocycles. The normalized spacial score (nSPS) is 12.6. The first kappa shape index (κ1) is 127. The molecule has 0 N–H and O–H groups in total. The SMILES string of the molecule is CCCCCCCCCCCCCC=CC1=C(c2ccccc2CCC=CCCCCCCCCCCCCCCCCCCCCCCCCCC)[N+](=[N-])C(c2ccccc2CCC=CCCCCCCCCCCCCCCCCCCCCCCCCCC)=C1CCCCCCCC.CCCCCCCCCCCCCCC[CH2][Ni][CH2]CCCCCCCCCCCCCCC. The monoisotopic (exact) mass is 1900 g/mol. The van der Waals surface area contributed by atoms with Crippen molar-refractivity contribution in [2.75, 3.05) is 0 Å². The molecule has 2 aromatic rings. The second-order valence-corrected chi connectivity index (χ2v) is 44.5. The van der Waals surface area contributed by atoms with E-state index in [2.05, 4.69) is 127 Å². The Bertz CT molecular complexity index is 2810. The number of hydrogen-bond acceptors (Lipinski definition) is 0. The van der Waals surface area contributed by atoms with Crippen LogP contribution < -0.4 is 0 Å². The summed E-state index contributed by atoms with van der Waals surface area (Å²) in [6.45, 7) is 13.9. The minimum Gasteiger partial charge on any atom is -0.0654 e. The summed E-state index contributed by atoms with van der Waals surface area (Å²) in [6, 6.07) is 18.2. The molecule has 0 aliphatic carbocycles. The quantitative estimate of drug-likeness (QED) is 0.0273. The molecule has 3 rings (SSSR count). The molecule has 1 heterocycles. The van der Waals surface area contributed by atoms with E-state index in [4.69, 9.17) is 0 Å². The molecule has 0 atom stereocenters. The van der Waals surface area contributed by atoms with Gasteiger partial charge in [-0.1, -0.05) is 545 Å². The number of nitrogens with zero attached hydrogens (tertiary/aromatic N) is 2. The Morgan fingerprint density at radius 1 is 0.194 bits per heavy atom. The van der Waals surface area contributed by atoms with Crippen LogP contribution in [0.4, 0.5) is 0 Å². The van der Waals surface area contributed by atoms with Crippen molar-refractivity contribution in [3.8, 4) is 0 Å². The maximum absolute atomic E-state index is 13.0. The Balaban J connectivity index is 0.00000155. The average Bonchev–Trinajstić information content (AvgIpc) is 1.60. The van der Waals surface area contributed by atoms with Crippen LogP contribution >= 0.6 is 0 Å².